The van der Waals surface area contributed by atoms with Gasteiger partial charge in [0.25, 0.3) is 5.49 Å². The molecule has 0 radical (unpaired) electrons. The summed E-state index contributed by atoms with van der Waals surface area (Å²) in [5.74, 6) is 0.145. The monoisotopic (exact) mass is 294 g/mol. The maximum Gasteiger partial charge on any atom is 0.294 e. The Kier molecular flexibility index (Phi) is 2.54. The van der Waals surface area contributed by atoms with Gasteiger partial charge in [-0.05, 0) is 6.07 Å². The van der Waals surface area contributed by atoms with Crippen molar-refractivity contribution in [2.24, 2.45) is 10.7 Å². The molecule has 108 valence electrons. The highest BCUT2D eigenvalue weighted by Crippen LogP contribution is 2.21. The molecule has 0 fully saturated rings. The van der Waals surface area contributed by atoms with Crippen LogP contribution in [0.15, 0.2) is 46.1 Å². The van der Waals surface area contributed by atoms with Crippen molar-refractivity contribution in [2.75, 3.05) is 5.73 Å². The molecular formula is C14H12N7O+. The molecule has 0 amide bonds. The molecule has 22 heavy (non-hydrogen) atoms. The lowest BCUT2D eigenvalue weighted by Gasteiger charge is -2.14. The van der Waals surface area contributed by atoms with Gasteiger partial charge in [-0.25, -0.2) is 19.9 Å². The number of H-pyrrole nitrogens is 1. The molecule has 5 N–H and O–H groups in total. The first-order valence-electron chi connectivity index (χ1n) is 6.63. The average Bonchev–Trinajstić information content (AvgIpc) is 2.84. The summed E-state index contributed by atoms with van der Waals surface area (Å²) in [5, 5.41) is 0.507. The number of hydrogen-bond donors (Lipinski definition) is 3. The number of aromatic amines is 1. The molecule has 0 bridgehead atoms. The second-order valence-corrected chi connectivity index (χ2v) is 4.87. The number of nitrogens with two attached hydrogens (primary N) is 2. The fourth-order valence-electron chi connectivity index (χ4n) is 2.75. The normalized spacial score (nSPS) is 19.0. The molecule has 2 aliphatic rings. The van der Waals surface area contributed by atoms with Crippen LogP contribution in [-0.2, 0) is 0 Å². The van der Waals surface area contributed by atoms with E-state index in [0.29, 0.717) is 22.0 Å². The standard InChI is InChI=1S/C14H11N7O/c15-13-18-4-1-7(20-13)10-8-2-5-19-14(16)21(8)12-11(10)9(22)3-6-17-12/h1-6,14H,16H2,(H2,15,18,20)/p+1. The average molecular weight is 294 g/mol. The number of fused-ring (bicyclic) bond motifs is 2. The van der Waals surface area contributed by atoms with Gasteiger partial charge in [0, 0.05) is 24.6 Å². The first-order chi connectivity index (χ1) is 10.7. The van der Waals surface area contributed by atoms with Crippen molar-refractivity contribution >= 4 is 17.7 Å². The number of aromatic nitrogens is 3. The highest BCUT2D eigenvalue weighted by Gasteiger charge is 2.33. The number of anilines is 1. The van der Waals surface area contributed by atoms with Crippen LogP contribution < -0.4 is 32.2 Å². The molecule has 0 aliphatic carbocycles. The number of pyridine rings is 1. The number of nitrogens with one attached hydrogen (secondary N) is 1. The lowest BCUT2D eigenvalue weighted by atomic mass is 10.1. The Hall–Kier alpha value is -3.13. The molecule has 4 rings (SSSR count). The van der Waals surface area contributed by atoms with Crippen LogP contribution in [0.2, 0.25) is 0 Å². The SMILES string of the molecule is Nc1nccc(C2=c3c(=O)cc[nH]c3=[N+]3C2=CC=NC3N)n1. The van der Waals surface area contributed by atoms with Gasteiger partial charge in [0.05, 0.1) is 17.5 Å². The van der Waals surface area contributed by atoms with E-state index in [1.54, 1.807) is 35.3 Å². The predicted octanol–water partition coefficient (Wildman–Crippen LogP) is -2.34. The molecule has 1 unspecified atom stereocenters. The Morgan fingerprint density at radius 1 is 1.32 bits per heavy atom. The maximum absolute atomic E-state index is 12.4. The van der Waals surface area contributed by atoms with E-state index in [2.05, 4.69) is 19.9 Å². The van der Waals surface area contributed by atoms with Crippen molar-refractivity contribution in [1.29, 1.82) is 0 Å². The summed E-state index contributed by atoms with van der Waals surface area (Å²) in [7, 11) is 0. The molecule has 4 heterocycles. The zero-order chi connectivity index (χ0) is 15.3. The summed E-state index contributed by atoms with van der Waals surface area (Å²) in [6.45, 7) is 0. The fraction of sp³-hybridized carbons (Fsp3) is 0.0714. The zero-order valence-electron chi connectivity index (χ0n) is 11.4. The van der Waals surface area contributed by atoms with Crippen LogP contribution in [0.3, 0.4) is 0 Å². The smallest absolute Gasteiger partial charge is 0.294 e. The van der Waals surface area contributed by atoms with E-state index < -0.39 is 6.29 Å². The largest absolute Gasteiger partial charge is 0.368 e. The van der Waals surface area contributed by atoms with E-state index in [4.69, 9.17) is 11.5 Å². The summed E-state index contributed by atoms with van der Waals surface area (Å²) >= 11 is 0. The number of rotatable bonds is 1. The quantitative estimate of drug-likeness (QED) is 0.508. The molecule has 2 aromatic rings. The van der Waals surface area contributed by atoms with Gasteiger partial charge in [0.1, 0.15) is 10.9 Å². The fourth-order valence-corrected chi connectivity index (χ4v) is 2.75. The molecule has 0 saturated heterocycles. The van der Waals surface area contributed by atoms with Crippen LogP contribution in [0.4, 0.5) is 5.95 Å². The van der Waals surface area contributed by atoms with Crippen LogP contribution in [0, 0.1) is 0 Å². The highest BCUT2D eigenvalue weighted by molar-refractivity contribution is 5.86. The number of aliphatic imine (C=N–C) groups is 1. The van der Waals surface area contributed by atoms with E-state index in [-0.39, 0.29) is 11.4 Å². The summed E-state index contributed by atoms with van der Waals surface area (Å²) in [6.07, 6.45) is 5.96. The van der Waals surface area contributed by atoms with E-state index in [1.807, 2.05) is 0 Å². The van der Waals surface area contributed by atoms with Crippen molar-refractivity contribution in [3.05, 3.63) is 62.9 Å². The Morgan fingerprint density at radius 2 is 2.18 bits per heavy atom. The van der Waals surface area contributed by atoms with Crippen molar-refractivity contribution in [3.8, 4) is 0 Å². The van der Waals surface area contributed by atoms with Gasteiger partial charge in [-0.3, -0.25) is 10.5 Å². The minimum absolute atomic E-state index is 0.122. The first kappa shape index (κ1) is 12.6. The van der Waals surface area contributed by atoms with Crippen molar-refractivity contribution in [3.63, 3.8) is 0 Å². The molecule has 0 saturated carbocycles. The second kappa shape index (κ2) is 4.43. The minimum Gasteiger partial charge on any atom is -0.368 e. The Labute approximate surface area is 123 Å². The first-order valence-corrected chi connectivity index (χ1v) is 6.63. The zero-order valence-corrected chi connectivity index (χ0v) is 11.4. The second-order valence-electron chi connectivity index (χ2n) is 4.87. The van der Waals surface area contributed by atoms with Crippen LogP contribution in [-0.4, -0.2) is 27.5 Å². The van der Waals surface area contributed by atoms with Crippen LogP contribution >= 0.6 is 0 Å². The van der Waals surface area contributed by atoms with Gasteiger partial charge in [-0.2, -0.15) is 4.58 Å². The number of nitrogen functional groups attached to an aromatic ring is 1. The molecule has 8 nitrogen and oxygen atoms in total. The summed E-state index contributed by atoms with van der Waals surface area (Å²) in [5.41, 5.74) is 14.2. The summed E-state index contributed by atoms with van der Waals surface area (Å²) in [6, 6.07) is 3.18. The third-order valence-electron chi connectivity index (χ3n) is 3.61. The Bertz CT molecular complexity index is 1030. The molecular weight excluding hydrogens is 282 g/mol. The van der Waals surface area contributed by atoms with Gasteiger partial charge in [0.15, 0.2) is 5.43 Å². The van der Waals surface area contributed by atoms with Gasteiger partial charge >= 0.3 is 0 Å². The van der Waals surface area contributed by atoms with Crippen LogP contribution in [0.25, 0.3) is 5.57 Å². The highest BCUT2D eigenvalue weighted by atomic mass is 16.1. The van der Waals surface area contributed by atoms with E-state index in [9.17, 15) is 4.79 Å². The molecule has 8 heteroatoms. The van der Waals surface area contributed by atoms with Crippen molar-refractivity contribution < 1.29 is 0 Å². The summed E-state index contributed by atoms with van der Waals surface area (Å²) in [4.78, 5) is 27.7. The van der Waals surface area contributed by atoms with Gasteiger partial charge in [-0.15, -0.1) is 0 Å². The van der Waals surface area contributed by atoms with E-state index in [1.165, 1.54) is 6.07 Å². The predicted molar refractivity (Wildman–Crippen MR) is 81.1 cm³/mol. The van der Waals surface area contributed by atoms with Gasteiger partial charge in [-0.1, -0.05) is 0 Å². The Balaban J connectivity index is 2.20. The number of allylic oxidation sites excluding steroid dienone is 2. The van der Waals surface area contributed by atoms with Crippen molar-refractivity contribution in [2.45, 2.75) is 6.29 Å². The third-order valence-corrected chi connectivity index (χ3v) is 3.61. The lowest BCUT2D eigenvalue weighted by Crippen LogP contribution is -2.49. The van der Waals surface area contributed by atoms with Gasteiger partial charge < -0.3 is 5.73 Å². The van der Waals surface area contributed by atoms with E-state index in [0.717, 1.165) is 5.70 Å². The molecule has 1 atom stereocenters. The van der Waals surface area contributed by atoms with Crippen LogP contribution in [0.5, 0.6) is 0 Å². The lowest BCUT2D eigenvalue weighted by molar-refractivity contribution is 0.528. The van der Waals surface area contributed by atoms with Gasteiger partial charge in [0.2, 0.25) is 12.2 Å². The molecule has 2 aromatic heterocycles. The number of hydrogen-bond acceptors (Lipinski definition) is 6. The maximum atomic E-state index is 12.4. The topological polar surface area (TPSA) is 126 Å². The minimum atomic E-state index is -0.603. The number of nitrogens with zero attached hydrogens (tertiary/aromatic N) is 4. The Morgan fingerprint density at radius 3 is 3.00 bits per heavy atom. The van der Waals surface area contributed by atoms with Crippen LogP contribution in [0.1, 0.15) is 5.69 Å². The molecule has 0 spiro atoms. The van der Waals surface area contributed by atoms with E-state index >= 15 is 0 Å². The molecule has 2 aliphatic heterocycles. The summed E-state index contributed by atoms with van der Waals surface area (Å²) < 4.78 is 1.77. The molecule has 0 aromatic carbocycles. The van der Waals surface area contributed by atoms with Crippen molar-refractivity contribution in [1.82, 2.24) is 19.5 Å². The third kappa shape index (κ3) is 1.64.